The van der Waals surface area contributed by atoms with Crippen molar-refractivity contribution in [2.75, 3.05) is 46.2 Å². The van der Waals surface area contributed by atoms with Gasteiger partial charge in [-0.25, -0.2) is 0 Å². The van der Waals surface area contributed by atoms with Gasteiger partial charge in [0.15, 0.2) is 0 Å². The van der Waals surface area contributed by atoms with Gasteiger partial charge in [0.1, 0.15) is 0 Å². The van der Waals surface area contributed by atoms with Gasteiger partial charge in [0.2, 0.25) is 0 Å². The Morgan fingerprint density at radius 2 is 1.67 bits per heavy atom. The Kier molecular flexibility index (Phi) is 7.82. The van der Waals surface area contributed by atoms with Crippen molar-refractivity contribution in [3.05, 3.63) is 0 Å². The van der Waals surface area contributed by atoms with Crippen LogP contribution in [0.2, 0.25) is 0 Å². The van der Waals surface area contributed by atoms with E-state index in [-0.39, 0.29) is 11.5 Å². The highest BCUT2D eigenvalue weighted by Gasteiger charge is 2.22. The molecule has 0 aromatic carbocycles. The van der Waals surface area contributed by atoms with E-state index < -0.39 is 0 Å². The maximum absolute atomic E-state index is 5.78. The minimum absolute atomic E-state index is 0.133. The third kappa shape index (κ3) is 6.69. The molecule has 1 rings (SSSR count). The van der Waals surface area contributed by atoms with Crippen molar-refractivity contribution >= 4 is 0 Å². The van der Waals surface area contributed by atoms with Crippen LogP contribution in [0.1, 0.15) is 33.6 Å². The van der Waals surface area contributed by atoms with Gasteiger partial charge in [-0.1, -0.05) is 13.8 Å². The number of hydrogen-bond acceptors (Lipinski definition) is 4. The standard InChI is InChI=1S/C14H28O4/c1-4-14(3)5-6-15-7-8-16-9-10-18-13(2)11-17-12-14/h13H,4-12H2,1-3H3. The summed E-state index contributed by atoms with van der Waals surface area (Å²) in [5.41, 5.74) is 0.199. The molecular formula is C14H28O4. The van der Waals surface area contributed by atoms with Crippen molar-refractivity contribution in [3.63, 3.8) is 0 Å². The van der Waals surface area contributed by atoms with E-state index in [2.05, 4.69) is 13.8 Å². The maximum atomic E-state index is 5.78. The summed E-state index contributed by atoms with van der Waals surface area (Å²) >= 11 is 0. The van der Waals surface area contributed by atoms with Crippen molar-refractivity contribution in [2.24, 2.45) is 5.41 Å². The minimum Gasteiger partial charge on any atom is -0.379 e. The summed E-state index contributed by atoms with van der Waals surface area (Å²) in [6.45, 7) is 11.3. The molecule has 0 amide bonds. The molecule has 4 heteroatoms. The number of hydrogen-bond donors (Lipinski definition) is 0. The van der Waals surface area contributed by atoms with Gasteiger partial charge in [0.25, 0.3) is 0 Å². The predicted octanol–water partition coefficient (Wildman–Crippen LogP) is 2.26. The Morgan fingerprint density at radius 1 is 1.00 bits per heavy atom. The zero-order valence-corrected chi connectivity index (χ0v) is 12.1. The summed E-state index contributed by atoms with van der Waals surface area (Å²) in [7, 11) is 0. The van der Waals surface area contributed by atoms with Crippen molar-refractivity contribution in [3.8, 4) is 0 Å². The van der Waals surface area contributed by atoms with Crippen molar-refractivity contribution < 1.29 is 18.9 Å². The molecule has 1 heterocycles. The van der Waals surface area contributed by atoms with E-state index in [1.807, 2.05) is 6.92 Å². The average molecular weight is 260 g/mol. The number of ether oxygens (including phenoxy) is 4. The van der Waals surface area contributed by atoms with Crippen molar-refractivity contribution in [2.45, 2.75) is 39.7 Å². The summed E-state index contributed by atoms with van der Waals surface area (Å²) < 4.78 is 22.4. The Morgan fingerprint density at radius 3 is 2.39 bits per heavy atom. The van der Waals surface area contributed by atoms with Crippen LogP contribution >= 0.6 is 0 Å². The van der Waals surface area contributed by atoms with Crippen LogP contribution < -0.4 is 0 Å². The smallest absolute Gasteiger partial charge is 0.0781 e. The molecule has 0 spiro atoms. The first-order valence-electron chi connectivity index (χ1n) is 7.01. The van der Waals surface area contributed by atoms with Gasteiger partial charge in [-0.2, -0.15) is 0 Å². The summed E-state index contributed by atoms with van der Waals surface area (Å²) in [4.78, 5) is 0. The molecule has 108 valence electrons. The molecule has 1 aliphatic rings. The normalized spacial score (nSPS) is 33.8. The van der Waals surface area contributed by atoms with Crippen LogP contribution in [-0.4, -0.2) is 52.4 Å². The molecule has 0 N–H and O–H groups in total. The molecule has 0 saturated carbocycles. The maximum Gasteiger partial charge on any atom is 0.0781 e. The third-order valence-corrected chi connectivity index (χ3v) is 3.51. The fraction of sp³-hybridized carbons (Fsp3) is 1.00. The molecule has 0 bridgehead atoms. The first-order chi connectivity index (χ1) is 8.66. The summed E-state index contributed by atoms with van der Waals surface area (Å²) in [5, 5.41) is 0. The number of rotatable bonds is 1. The molecule has 4 nitrogen and oxygen atoms in total. The van der Waals surface area contributed by atoms with Gasteiger partial charge >= 0.3 is 0 Å². The van der Waals surface area contributed by atoms with Crippen LogP contribution in [-0.2, 0) is 18.9 Å². The second-order valence-corrected chi connectivity index (χ2v) is 5.34. The average Bonchev–Trinajstić information content (AvgIpc) is 2.36. The molecule has 18 heavy (non-hydrogen) atoms. The summed E-state index contributed by atoms with van der Waals surface area (Å²) in [6.07, 6.45) is 2.26. The van der Waals surface area contributed by atoms with Gasteiger partial charge < -0.3 is 18.9 Å². The van der Waals surface area contributed by atoms with E-state index in [0.29, 0.717) is 33.0 Å². The van der Waals surface area contributed by atoms with Gasteiger partial charge in [-0.15, -0.1) is 0 Å². The van der Waals surface area contributed by atoms with E-state index >= 15 is 0 Å². The fourth-order valence-corrected chi connectivity index (χ4v) is 1.82. The van der Waals surface area contributed by atoms with E-state index in [9.17, 15) is 0 Å². The highest BCUT2D eigenvalue weighted by atomic mass is 16.6. The molecule has 1 fully saturated rings. The summed E-state index contributed by atoms with van der Waals surface area (Å²) in [5.74, 6) is 0. The van der Waals surface area contributed by atoms with Crippen LogP contribution in [0.4, 0.5) is 0 Å². The topological polar surface area (TPSA) is 36.9 Å². The molecule has 2 unspecified atom stereocenters. The molecule has 0 aromatic rings. The highest BCUT2D eigenvalue weighted by molar-refractivity contribution is 4.72. The van der Waals surface area contributed by atoms with Crippen LogP contribution in [0.5, 0.6) is 0 Å². The first kappa shape index (κ1) is 15.9. The Bertz CT molecular complexity index is 210. The zero-order chi connectivity index (χ0) is 13.3. The van der Waals surface area contributed by atoms with Crippen molar-refractivity contribution in [1.29, 1.82) is 0 Å². The van der Waals surface area contributed by atoms with Crippen LogP contribution in [0, 0.1) is 5.41 Å². The van der Waals surface area contributed by atoms with Crippen LogP contribution in [0.25, 0.3) is 0 Å². The molecule has 0 aliphatic carbocycles. The lowest BCUT2D eigenvalue weighted by Gasteiger charge is -2.29. The molecule has 0 aromatic heterocycles. The molecule has 2 atom stereocenters. The van der Waals surface area contributed by atoms with E-state index in [0.717, 1.165) is 26.1 Å². The van der Waals surface area contributed by atoms with Crippen molar-refractivity contribution in [1.82, 2.24) is 0 Å². The Labute approximate surface area is 111 Å². The van der Waals surface area contributed by atoms with Gasteiger partial charge in [0.05, 0.1) is 45.7 Å². The summed E-state index contributed by atoms with van der Waals surface area (Å²) in [6, 6.07) is 0. The Balaban J connectivity index is 2.38. The predicted molar refractivity (Wildman–Crippen MR) is 70.9 cm³/mol. The van der Waals surface area contributed by atoms with Crippen LogP contribution in [0.3, 0.4) is 0 Å². The molecule has 1 saturated heterocycles. The first-order valence-corrected chi connectivity index (χ1v) is 7.01. The van der Waals surface area contributed by atoms with Gasteiger partial charge in [0, 0.05) is 6.61 Å². The molecule has 0 radical (unpaired) electrons. The van der Waals surface area contributed by atoms with Crippen LogP contribution in [0.15, 0.2) is 0 Å². The fourth-order valence-electron chi connectivity index (χ4n) is 1.82. The monoisotopic (exact) mass is 260 g/mol. The lowest BCUT2D eigenvalue weighted by Crippen LogP contribution is -2.28. The van der Waals surface area contributed by atoms with Gasteiger partial charge in [-0.05, 0) is 25.2 Å². The van der Waals surface area contributed by atoms with E-state index in [1.54, 1.807) is 0 Å². The highest BCUT2D eigenvalue weighted by Crippen LogP contribution is 2.26. The SMILES string of the molecule is CCC1(C)CCOCCOCCOC(C)COC1. The lowest BCUT2D eigenvalue weighted by atomic mass is 9.85. The van der Waals surface area contributed by atoms with E-state index in [4.69, 9.17) is 18.9 Å². The third-order valence-electron chi connectivity index (χ3n) is 3.51. The molecular weight excluding hydrogens is 232 g/mol. The zero-order valence-electron chi connectivity index (χ0n) is 12.1. The van der Waals surface area contributed by atoms with Gasteiger partial charge in [-0.3, -0.25) is 0 Å². The lowest BCUT2D eigenvalue weighted by molar-refractivity contribution is -0.0624. The quantitative estimate of drug-likeness (QED) is 0.724. The van der Waals surface area contributed by atoms with E-state index in [1.165, 1.54) is 0 Å². The second-order valence-electron chi connectivity index (χ2n) is 5.34. The Hall–Kier alpha value is -0.160. The second kappa shape index (κ2) is 8.86. The molecule has 1 aliphatic heterocycles. The largest absolute Gasteiger partial charge is 0.379 e. The minimum atomic E-state index is 0.133.